The van der Waals surface area contributed by atoms with E-state index in [1.54, 1.807) is 12.1 Å². The summed E-state index contributed by atoms with van der Waals surface area (Å²) in [5.74, 6) is 0.0391. The lowest BCUT2D eigenvalue weighted by Crippen LogP contribution is -2.29. The Bertz CT molecular complexity index is 946. The lowest BCUT2D eigenvalue weighted by Gasteiger charge is -2.26. The van der Waals surface area contributed by atoms with Gasteiger partial charge in [-0.3, -0.25) is 9.69 Å². The van der Waals surface area contributed by atoms with Gasteiger partial charge in [-0.05, 0) is 55.8 Å². The maximum atomic E-state index is 12.7. The fourth-order valence-electron chi connectivity index (χ4n) is 3.50. The molecule has 5 nitrogen and oxygen atoms in total. The number of oxazole rings is 1. The van der Waals surface area contributed by atoms with Crippen molar-refractivity contribution in [1.82, 2.24) is 9.88 Å². The van der Waals surface area contributed by atoms with Crippen LogP contribution in [0.15, 0.2) is 59.3 Å². The molecule has 6 heteroatoms. The van der Waals surface area contributed by atoms with E-state index in [4.69, 9.17) is 16.0 Å². The van der Waals surface area contributed by atoms with E-state index >= 15 is 0 Å². The molecule has 0 saturated carbocycles. The summed E-state index contributed by atoms with van der Waals surface area (Å²) in [6, 6.07) is 15.2. The predicted octanol–water partition coefficient (Wildman–Crippen LogP) is 5.23. The second kappa shape index (κ2) is 8.59. The number of nitrogens with zero attached hydrogens (tertiary/aromatic N) is 2. The van der Waals surface area contributed by atoms with Crippen LogP contribution in [0.3, 0.4) is 0 Å². The molecular weight excluding hydrogens is 374 g/mol. The number of hydrogen-bond donors (Lipinski definition) is 1. The Balaban J connectivity index is 1.44. The zero-order valence-electron chi connectivity index (χ0n) is 15.5. The van der Waals surface area contributed by atoms with Crippen molar-refractivity contribution < 1.29 is 9.21 Å². The van der Waals surface area contributed by atoms with Crippen molar-refractivity contribution >= 4 is 23.2 Å². The molecule has 0 radical (unpaired) electrons. The van der Waals surface area contributed by atoms with Gasteiger partial charge < -0.3 is 9.73 Å². The molecule has 3 aromatic rings. The van der Waals surface area contributed by atoms with Crippen LogP contribution >= 0.6 is 11.6 Å². The molecule has 0 spiro atoms. The number of carbonyl (C=O) groups excluding carboxylic acids is 1. The van der Waals surface area contributed by atoms with Crippen molar-refractivity contribution in [2.75, 3.05) is 18.4 Å². The summed E-state index contributed by atoms with van der Waals surface area (Å²) in [6.45, 7) is 3.28. The molecule has 1 amide bonds. The van der Waals surface area contributed by atoms with Crippen LogP contribution in [0, 0.1) is 0 Å². The Morgan fingerprint density at radius 1 is 1.07 bits per heavy atom. The van der Waals surface area contributed by atoms with Crippen molar-refractivity contribution in [3.63, 3.8) is 0 Å². The molecular formula is C22H22ClN3O2. The molecule has 1 fully saturated rings. The van der Waals surface area contributed by atoms with Gasteiger partial charge in [0, 0.05) is 17.8 Å². The van der Waals surface area contributed by atoms with Crippen LogP contribution in [-0.4, -0.2) is 28.9 Å². The highest BCUT2D eigenvalue weighted by Gasteiger charge is 2.20. The summed E-state index contributed by atoms with van der Waals surface area (Å²) in [7, 11) is 0. The average molecular weight is 396 g/mol. The first-order chi connectivity index (χ1) is 13.7. The van der Waals surface area contributed by atoms with Gasteiger partial charge in [0.05, 0.1) is 5.02 Å². The quantitative estimate of drug-likeness (QED) is 0.642. The van der Waals surface area contributed by atoms with Crippen molar-refractivity contribution in [3.05, 3.63) is 71.2 Å². The van der Waals surface area contributed by atoms with Crippen molar-refractivity contribution in [2.24, 2.45) is 0 Å². The number of amides is 1. The van der Waals surface area contributed by atoms with E-state index in [2.05, 4.69) is 27.3 Å². The van der Waals surface area contributed by atoms with Gasteiger partial charge in [0.2, 0.25) is 0 Å². The van der Waals surface area contributed by atoms with Gasteiger partial charge in [-0.1, -0.05) is 42.3 Å². The van der Waals surface area contributed by atoms with Gasteiger partial charge in [-0.2, -0.15) is 0 Å². The molecule has 0 aliphatic carbocycles. The minimum Gasteiger partial charge on any atom is -0.443 e. The number of nitrogens with one attached hydrogen (secondary N) is 1. The zero-order valence-corrected chi connectivity index (χ0v) is 16.3. The molecule has 1 N–H and O–H groups in total. The van der Waals surface area contributed by atoms with Crippen molar-refractivity contribution in [1.29, 1.82) is 0 Å². The number of hydrogen-bond acceptors (Lipinski definition) is 4. The van der Waals surface area contributed by atoms with Crippen LogP contribution in [0.5, 0.6) is 0 Å². The molecule has 0 unspecified atom stereocenters. The predicted molar refractivity (Wildman–Crippen MR) is 110 cm³/mol. The number of piperidine rings is 1. The fourth-order valence-corrected chi connectivity index (χ4v) is 3.73. The van der Waals surface area contributed by atoms with Gasteiger partial charge >= 0.3 is 0 Å². The summed E-state index contributed by atoms with van der Waals surface area (Å²) in [5, 5.41) is 3.40. The van der Waals surface area contributed by atoms with E-state index in [0.29, 0.717) is 16.3 Å². The number of rotatable bonds is 5. The molecule has 28 heavy (non-hydrogen) atoms. The van der Waals surface area contributed by atoms with E-state index < -0.39 is 0 Å². The molecule has 1 saturated heterocycles. The number of aromatic nitrogens is 1. The highest BCUT2D eigenvalue weighted by molar-refractivity contribution is 6.33. The third-order valence-corrected chi connectivity index (χ3v) is 5.30. The summed E-state index contributed by atoms with van der Waals surface area (Å²) >= 11 is 6.23. The summed E-state index contributed by atoms with van der Waals surface area (Å²) in [6.07, 6.45) is 5.15. The average Bonchev–Trinajstić information content (AvgIpc) is 3.20. The molecule has 1 aromatic heterocycles. The van der Waals surface area contributed by atoms with Gasteiger partial charge in [0.1, 0.15) is 0 Å². The first-order valence-electron chi connectivity index (χ1n) is 9.52. The molecule has 1 aliphatic rings. The first kappa shape index (κ1) is 18.7. The SMILES string of the molecule is O=C(Nc1ccc(CN2CCCCC2)cc1)c1ncoc1-c1ccccc1Cl. The van der Waals surface area contributed by atoms with E-state index in [9.17, 15) is 4.79 Å². The number of anilines is 1. The van der Waals surface area contributed by atoms with Crippen LogP contribution in [0.25, 0.3) is 11.3 Å². The topological polar surface area (TPSA) is 58.4 Å². The Morgan fingerprint density at radius 2 is 1.82 bits per heavy atom. The first-order valence-corrected chi connectivity index (χ1v) is 9.89. The third kappa shape index (κ3) is 4.26. The second-order valence-corrected chi connectivity index (χ2v) is 7.40. The van der Waals surface area contributed by atoms with Gasteiger partial charge in [0.15, 0.2) is 17.8 Å². The second-order valence-electron chi connectivity index (χ2n) is 7.00. The lowest BCUT2D eigenvalue weighted by molar-refractivity contribution is 0.102. The molecule has 0 atom stereocenters. The number of carbonyl (C=O) groups is 1. The third-order valence-electron chi connectivity index (χ3n) is 4.97. The molecule has 144 valence electrons. The summed E-state index contributed by atoms with van der Waals surface area (Å²) in [4.78, 5) is 19.3. The van der Waals surface area contributed by atoms with Crippen LogP contribution < -0.4 is 5.32 Å². The summed E-state index contributed by atoms with van der Waals surface area (Å²) in [5.41, 5.74) is 2.83. The van der Waals surface area contributed by atoms with Crippen molar-refractivity contribution in [3.8, 4) is 11.3 Å². The Hall–Kier alpha value is -2.63. The minimum atomic E-state index is -0.326. The largest absolute Gasteiger partial charge is 0.443 e. The minimum absolute atomic E-state index is 0.213. The Labute approximate surface area is 169 Å². The number of likely N-dealkylation sites (tertiary alicyclic amines) is 1. The van der Waals surface area contributed by atoms with E-state index in [0.717, 1.165) is 25.3 Å². The maximum absolute atomic E-state index is 12.7. The van der Waals surface area contributed by atoms with Gasteiger partial charge in [0.25, 0.3) is 5.91 Å². The van der Waals surface area contributed by atoms with E-state index in [-0.39, 0.29) is 11.6 Å². The van der Waals surface area contributed by atoms with Crippen LogP contribution in [0.2, 0.25) is 5.02 Å². The normalized spacial score (nSPS) is 14.8. The standard InChI is InChI=1S/C22H22ClN3O2/c23-19-7-3-2-6-18(19)21-20(24-15-28-21)22(27)25-17-10-8-16(9-11-17)14-26-12-4-1-5-13-26/h2-3,6-11,15H,1,4-5,12-14H2,(H,25,27). The smallest absolute Gasteiger partial charge is 0.278 e. The zero-order chi connectivity index (χ0) is 19.3. The summed E-state index contributed by atoms with van der Waals surface area (Å²) < 4.78 is 5.43. The molecule has 2 aromatic carbocycles. The fraction of sp³-hybridized carbons (Fsp3) is 0.273. The lowest BCUT2D eigenvalue weighted by atomic mass is 10.1. The molecule has 4 rings (SSSR count). The maximum Gasteiger partial charge on any atom is 0.278 e. The monoisotopic (exact) mass is 395 g/mol. The number of benzene rings is 2. The highest BCUT2D eigenvalue weighted by Crippen LogP contribution is 2.30. The van der Waals surface area contributed by atoms with Crippen LogP contribution in [0.4, 0.5) is 5.69 Å². The Morgan fingerprint density at radius 3 is 2.57 bits per heavy atom. The Kier molecular flexibility index (Phi) is 5.74. The molecule has 0 bridgehead atoms. The van der Waals surface area contributed by atoms with E-state index in [1.165, 1.54) is 31.2 Å². The molecule has 1 aliphatic heterocycles. The van der Waals surface area contributed by atoms with Crippen molar-refractivity contribution in [2.45, 2.75) is 25.8 Å². The van der Waals surface area contributed by atoms with Gasteiger partial charge in [-0.25, -0.2) is 4.98 Å². The van der Waals surface area contributed by atoms with E-state index in [1.807, 2.05) is 24.3 Å². The van der Waals surface area contributed by atoms with Gasteiger partial charge in [-0.15, -0.1) is 0 Å². The van der Waals surface area contributed by atoms with Crippen LogP contribution in [-0.2, 0) is 6.54 Å². The van der Waals surface area contributed by atoms with Crippen LogP contribution in [0.1, 0.15) is 35.3 Å². The highest BCUT2D eigenvalue weighted by atomic mass is 35.5. The molecule has 2 heterocycles. The number of halogens is 1.